The fourth-order valence-electron chi connectivity index (χ4n) is 1.90. The highest BCUT2D eigenvalue weighted by molar-refractivity contribution is 5.69. The van der Waals surface area contributed by atoms with Crippen LogP contribution in [0.3, 0.4) is 0 Å². The topological polar surface area (TPSA) is 40.5 Å². The van der Waals surface area contributed by atoms with Crippen LogP contribution in [0, 0.1) is 20.8 Å². The van der Waals surface area contributed by atoms with Crippen LogP contribution >= 0.6 is 0 Å². The van der Waals surface area contributed by atoms with Gasteiger partial charge in [0.1, 0.15) is 0 Å². The van der Waals surface area contributed by atoms with Gasteiger partial charge in [-0.25, -0.2) is 0 Å². The van der Waals surface area contributed by atoms with Crippen LogP contribution in [-0.4, -0.2) is 36.1 Å². The summed E-state index contributed by atoms with van der Waals surface area (Å²) in [6.07, 6.45) is 0.900. The molecule has 0 aliphatic heterocycles. The molecule has 0 spiro atoms. The Labute approximate surface area is 103 Å². The van der Waals surface area contributed by atoms with Crippen molar-refractivity contribution in [3.8, 4) is 0 Å². The molecule has 0 fully saturated rings. The van der Waals surface area contributed by atoms with Crippen molar-refractivity contribution in [1.82, 2.24) is 4.90 Å². The Morgan fingerprint density at radius 2 is 1.88 bits per heavy atom. The lowest BCUT2D eigenvalue weighted by Crippen LogP contribution is -2.27. The molecule has 0 bridgehead atoms. The fraction of sp³-hybridized carbons (Fsp3) is 0.500. The third-order valence-corrected chi connectivity index (χ3v) is 3.34. The predicted octanol–water partition coefficient (Wildman–Crippen LogP) is 2.17. The largest absolute Gasteiger partial charge is 0.480 e. The molecule has 94 valence electrons. The maximum absolute atomic E-state index is 10.5. The molecular weight excluding hydrogens is 214 g/mol. The number of likely N-dealkylation sites (N-methyl/N-ethyl adjacent to an activating group) is 1. The van der Waals surface area contributed by atoms with E-state index in [0.717, 1.165) is 13.0 Å². The molecule has 0 aromatic heterocycles. The number of rotatable bonds is 5. The van der Waals surface area contributed by atoms with Gasteiger partial charge in [0.25, 0.3) is 0 Å². The molecule has 0 amide bonds. The number of hydrogen-bond donors (Lipinski definition) is 1. The number of nitrogens with zero attached hydrogens (tertiary/aromatic N) is 1. The molecule has 0 radical (unpaired) electrons. The maximum atomic E-state index is 10.5. The van der Waals surface area contributed by atoms with Crippen molar-refractivity contribution in [3.63, 3.8) is 0 Å². The van der Waals surface area contributed by atoms with Crippen LogP contribution in [0.15, 0.2) is 12.1 Å². The number of carboxylic acids is 1. The molecule has 1 aromatic carbocycles. The zero-order valence-corrected chi connectivity index (χ0v) is 11.1. The molecule has 17 heavy (non-hydrogen) atoms. The number of carbonyl (C=O) groups is 1. The molecule has 0 unspecified atom stereocenters. The summed E-state index contributed by atoms with van der Waals surface area (Å²) in [5.74, 6) is -0.774. The number of aliphatic carboxylic acids is 1. The quantitative estimate of drug-likeness (QED) is 0.850. The summed E-state index contributed by atoms with van der Waals surface area (Å²) >= 11 is 0. The predicted molar refractivity (Wildman–Crippen MR) is 69.5 cm³/mol. The van der Waals surface area contributed by atoms with Gasteiger partial charge in [-0.2, -0.15) is 0 Å². The van der Waals surface area contributed by atoms with Gasteiger partial charge < -0.3 is 5.11 Å². The van der Waals surface area contributed by atoms with Gasteiger partial charge in [0.05, 0.1) is 6.54 Å². The van der Waals surface area contributed by atoms with E-state index in [0.29, 0.717) is 0 Å². The SMILES string of the molecule is Cc1ccc(CCN(C)CC(=O)O)c(C)c1C. The average Bonchev–Trinajstić information content (AvgIpc) is 2.24. The van der Waals surface area contributed by atoms with Crippen molar-refractivity contribution < 1.29 is 9.90 Å². The zero-order chi connectivity index (χ0) is 13.0. The molecule has 1 aromatic rings. The molecule has 0 atom stereocenters. The molecule has 0 heterocycles. The van der Waals surface area contributed by atoms with Crippen LogP contribution in [0.5, 0.6) is 0 Å². The van der Waals surface area contributed by atoms with Gasteiger partial charge in [-0.15, -0.1) is 0 Å². The molecule has 3 nitrogen and oxygen atoms in total. The monoisotopic (exact) mass is 235 g/mol. The van der Waals surface area contributed by atoms with E-state index < -0.39 is 5.97 Å². The van der Waals surface area contributed by atoms with Crippen molar-refractivity contribution in [2.75, 3.05) is 20.1 Å². The van der Waals surface area contributed by atoms with E-state index in [1.54, 1.807) is 0 Å². The van der Waals surface area contributed by atoms with Crippen LogP contribution < -0.4 is 0 Å². The number of hydrogen-bond acceptors (Lipinski definition) is 2. The van der Waals surface area contributed by atoms with Crippen molar-refractivity contribution in [2.45, 2.75) is 27.2 Å². The summed E-state index contributed by atoms with van der Waals surface area (Å²) in [6, 6.07) is 4.28. The lowest BCUT2D eigenvalue weighted by Gasteiger charge is -2.16. The number of carboxylic acid groups (broad SMARTS) is 1. The van der Waals surface area contributed by atoms with E-state index in [4.69, 9.17) is 5.11 Å². The van der Waals surface area contributed by atoms with Crippen LogP contribution in [0.4, 0.5) is 0 Å². The summed E-state index contributed by atoms with van der Waals surface area (Å²) in [5, 5.41) is 8.67. The van der Waals surface area contributed by atoms with Gasteiger partial charge in [-0.05, 0) is 56.5 Å². The van der Waals surface area contributed by atoms with E-state index in [-0.39, 0.29) is 6.54 Å². The lowest BCUT2D eigenvalue weighted by atomic mass is 9.97. The fourth-order valence-corrected chi connectivity index (χ4v) is 1.90. The molecule has 1 rings (SSSR count). The summed E-state index contributed by atoms with van der Waals surface area (Å²) in [5.41, 5.74) is 5.28. The Morgan fingerprint density at radius 1 is 1.24 bits per heavy atom. The first-order valence-electron chi connectivity index (χ1n) is 5.88. The normalized spacial score (nSPS) is 10.9. The van der Waals surface area contributed by atoms with Crippen LogP contribution in [0.1, 0.15) is 22.3 Å². The summed E-state index contributed by atoms with van der Waals surface area (Å²) < 4.78 is 0. The smallest absolute Gasteiger partial charge is 0.317 e. The van der Waals surface area contributed by atoms with Crippen molar-refractivity contribution in [2.24, 2.45) is 0 Å². The maximum Gasteiger partial charge on any atom is 0.317 e. The van der Waals surface area contributed by atoms with Gasteiger partial charge in [-0.1, -0.05) is 12.1 Å². The minimum Gasteiger partial charge on any atom is -0.480 e. The summed E-state index contributed by atoms with van der Waals surface area (Å²) in [4.78, 5) is 12.4. The van der Waals surface area contributed by atoms with Crippen LogP contribution in [0.2, 0.25) is 0 Å². The van der Waals surface area contributed by atoms with E-state index in [1.165, 1.54) is 22.3 Å². The van der Waals surface area contributed by atoms with Gasteiger partial charge in [-0.3, -0.25) is 9.69 Å². The molecular formula is C14H21NO2. The van der Waals surface area contributed by atoms with E-state index in [1.807, 2.05) is 11.9 Å². The summed E-state index contributed by atoms with van der Waals surface area (Å²) in [6.45, 7) is 7.26. The minimum atomic E-state index is -0.774. The minimum absolute atomic E-state index is 0.101. The van der Waals surface area contributed by atoms with Gasteiger partial charge in [0.15, 0.2) is 0 Å². The third kappa shape index (κ3) is 3.86. The Balaban J connectivity index is 2.64. The molecule has 0 aliphatic carbocycles. The van der Waals surface area contributed by atoms with E-state index in [2.05, 4.69) is 32.9 Å². The lowest BCUT2D eigenvalue weighted by molar-refractivity contribution is -0.137. The molecule has 0 saturated heterocycles. The van der Waals surface area contributed by atoms with Crippen molar-refractivity contribution in [1.29, 1.82) is 0 Å². The highest BCUT2D eigenvalue weighted by Gasteiger charge is 2.07. The van der Waals surface area contributed by atoms with Crippen molar-refractivity contribution >= 4 is 5.97 Å². The van der Waals surface area contributed by atoms with Crippen molar-refractivity contribution in [3.05, 3.63) is 34.4 Å². The first-order valence-corrected chi connectivity index (χ1v) is 5.88. The third-order valence-electron chi connectivity index (χ3n) is 3.34. The molecule has 0 aliphatic rings. The average molecular weight is 235 g/mol. The van der Waals surface area contributed by atoms with Gasteiger partial charge in [0, 0.05) is 6.54 Å². The Kier molecular flexibility index (Phi) is 4.70. The Hall–Kier alpha value is -1.35. The zero-order valence-electron chi connectivity index (χ0n) is 11.1. The second kappa shape index (κ2) is 5.82. The van der Waals surface area contributed by atoms with E-state index >= 15 is 0 Å². The molecule has 0 saturated carbocycles. The second-order valence-electron chi connectivity index (χ2n) is 4.67. The van der Waals surface area contributed by atoms with Gasteiger partial charge in [0.2, 0.25) is 0 Å². The second-order valence-corrected chi connectivity index (χ2v) is 4.67. The molecule has 3 heteroatoms. The van der Waals surface area contributed by atoms with E-state index in [9.17, 15) is 4.79 Å². The van der Waals surface area contributed by atoms with Crippen LogP contribution in [-0.2, 0) is 11.2 Å². The molecule has 1 N–H and O–H groups in total. The highest BCUT2D eigenvalue weighted by atomic mass is 16.4. The first kappa shape index (κ1) is 13.7. The Morgan fingerprint density at radius 3 is 2.47 bits per heavy atom. The van der Waals surface area contributed by atoms with Crippen LogP contribution in [0.25, 0.3) is 0 Å². The number of benzene rings is 1. The first-order chi connectivity index (χ1) is 7.91. The van der Waals surface area contributed by atoms with Gasteiger partial charge >= 0.3 is 5.97 Å². The number of aryl methyl sites for hydroxylation is 1. The highest BCUT2D eigenvalue weighted by Crippen LogP contribution is 2.17. The Bertz CT molecular complexity index is 413. The summed E-state index contributed by atoms with van der Waals surface area (Å²) in [7, 11) is 1.84. The standard InChI is InChI=1S/C14H21NO2/c1-10-5-6-13(12(3)11(10)2)7-8-15(4)9-14(16)17/h5-6H,7-9H2,1-4H3,(H,16,17).